The molecule has 0 aromatic carbocycles. The molecule has 0 aliphatic carbocycles. The Morgan fingerprint density at radius 1 is 1.58 bits per heavy atom. The Morgan fingerprint density at radius 2 is 2.33 bits per heavy atom. The molecule has 0 spiro atoms. The zero-order chi connectivity index (χ0) is 8.97. The van der Waals surface area contributed by atoms with Gasteiger partial charge in [0.25, 0.3) is 0 Å². The van der Waals surface area contributed by atoms with Crippen molar-refractivity contribution in [1.82, 2.24) is 5.32 Å². The van der Waals surface area contributed by atoms with Gasteiger partial charge in [0.1, 0.15) is 0 Å². The Hall–Kier alpha value is -0.0800. The topological polar surface area (TPSA) is 38.0 Å². The first-order valence-electron chi connectivity index (χ1n) is 5.21. The largest absolute Gasteiger partial charge is 0.328 e. The lowest BCUT2D eigenvalue weighted by Gasteiger charge is -2.29. The zero-order valence-corrected chi connectivity index (χ0v) is 8.34. The van der Waals surface area contributed by atoms with E-state index in [1.807, 2.05) is 0 Å². The summed E-state index contributed by atoms with van der Waals surface area (Å²) in [5.41, 5.74) is 5.93. The number of piperidine rings is 1. The Bertz CT molecular complexity index is 125. The average molecular weight is 170 g/mol. The lowest BCUT2D eigenvalue weighted by atomic mass is 9.87. The smallest absolute Gasteiger partial charge is 0.00413 e. The highest BCUT2D eigenvalue weighted by Crippen LogP contribution is 2.21. The Balaban J connectivity index is 2.22. The van der Waals surface area contributed by atoms with Crippen molar-refractivity contribution >= 4 is 0 Å². The molecule has 0 bridgehead atoms. The summed E-state index contributed by atoms with van der Waals surface area (Å²) in [6.07, 6.45) is 4.98. The Morgan fingerprint density at radius 3 is 2.92 bits per heavy atom. The monoisotopic (exact) mass is 170 g/mol. The van der Waals surface area contributed by atoms with Crippen LogP contribution >= 0.6 is 0 Å². The van der Waals surface area contributed by atoms with E-state index in [2.05, 4.69) is 19.2 Å². The molecular weight excluding hydrogens is 148 g/mol. The van der Waals surface area contributed by atoms with Gasteiger partial charge in [-0.3, -0.25) is 0 Å². The van der Waals surface area contributed by atoms with Crippen LogP contribution in [0.4, 0.5) is 0 Å². The van der Waals surface area contributed by atoms with Crippen molar-refractivity contribution in [2.45, 2.75) is 51.6 Å². The maximum atomic E-state index is 5.93. The molecule has 3 N–H and O–H groups in total. The molecule has 0 amide bonds. The molecule has 72 valence electrons. The third-order valence-corrected chi connectivity index (χ3v) is 2.89. The van der Waals surface area contributed by atoms with E-state index in [4.69, 9.17) is 5.73 Å². The summed E-state index contributed by atoms with van der Waals surface area (Å²) in [5, 5.41) is 3.46. The maximum Gasteiger partial charge on any atom is 0.00413 e. The Kier molecular flexibility index (Phi) is 4.02. The van der Waals surface area contributed by atoms with E-state index in [0.717, 1.165) is 12.3 Å². The van der Waals surface area contributed by atoms with Gasteiger partial charge in [0.2, 0.25) is 0 Å². The van der Waals surface area contributed by atoms with Gasteiger partial charge in [-0.05, 0) is 45.1 Å². The molecule has 0 aromatic rings. The maximum absolute atomic E-state index is 5.93. The van der Waals surface area contributed by atoms with Gasteiger partial charge in [0.15, 0.2) is 0 Å². The second-order valence-electron chi connectivity index (χ2n) is 4.15. The van der Waals surface area contributed by atoms with E-state index < -0.39 is 0 Å². The molecule has 1 rings (SSSR count). The summed E-state index contributed by atoms with van der Waals surface area (Å²) in [7, 11) is 0. The third-order valence-electron chi connectivity index (χ3n) is 2.89. The lowest BCUT2D eigenvalue weighted by molar-refractivity contribution is 0.283. The highest BCUT2D eigenvalue weighted by molar-refractivity contribution is 4.77. The van der Waals surface area contributed by atoms with Crippen LogP contribution in [-0.4, -0.2) is 18.6 Å². The van der Waals surface area contributed by atoms with Crippen LogP contribution in [0.3, 0.4) is 0 Å². The van der Waals surface area contributed by atoms with Crippen LogP contribution < -0.4 is 11.1 Å². The fourth-order valence-corrected chi connectivity index (χ4v) is 2.04. The fourth-order valence-electron chi connectivity index (χ4n) is 2.04. The van der Waals surface area contributed by atoms with Crippen LogP contribution in [0.25, 0.3) is 0 Å². The average Bonchev–Trinajstić information content (AvgIpc) is 2.04. The van der Waals surface area contributed by atoms with Gasteiger partial charge in [0.05, 0.1) is 0 Å². The summed E-state index contributed by atoms with van der Waals surface area (Å²) in [5.74, 6) is 0.871. The number of nitrogens with two attached hydrogens (primary N) is 1. The second kappa shape index (κ2) is 4.83. The molecule has 2 heteroatoms. The van der Waals surface area contributed by atoms with Crippen molar-refractivity contribution < 1.29 is 0 Å². The van der Waals surface area contributed by atoms with Gasteiger partial charge in [-0.2, -0.15) is 0 Å². The molecule has 2 nitrogen and oxygen atoms in total. The Labute approximate surface area is 75.9 Å². The molecule has 1 heterocycles. The van der Waals surface area contributed by atoms with Crippen LogP contribution in [0.15, 0.2) is 0 Å². The van der Waals surface area contributed by atoms with Crippen molar-refractivity contribution in [3.63, 3.8) is 0 Å². The van der Waals surface area contributed by atoms with Gasteiger partial charge < -0.3 is 11.1 Å². The minimum Gasteiger partial charge on any atom is -0.328 e. The molecule has 12 heavy (non-hydrogen) atoms. The number of nitrogens with one attached hydrogen (secondary N) is 1. The predicted molar refractivity (Wildman–Crippen MR) is 53.1 cm³/mol. The van der Waals surface area contributed by atoms with Crippen molar-refractivity contribution in [3.05, 3.63) is 0 Å². The predicted octanol–water partition coefficient (Wildman–Crippen LogP) is 1.50. The highest BCUT2D eigenvalue weighted by atomic mass is 14.9. The molecular formula is C10H22N2. The first kappa shape index (κ1) is 10.0. The fraction of sp³-hybridized carbons (Fsp3) is 1.00. The van der Waals surface area contributed by atoms with E-state index >= 15 is 0 Å². The summed E-state index contributed by atoms with van der Waals surface area (Å²) >= 11 is 0. The van der Waals surface area contributed by atoms with Crippen molar-refractivity contribution in [3.8, 4) is 0 Å². The molecule has 0 radical (unpaired) electrons. The van der Waals surface area contributed by atoms with Crippen molar-refractivity contribution in [2.75, 3.05) is 6.54 Å². The molecule has 0 aromatic heterocycles. The summed E-state index contributed by atoms with van der Waals surface area (Å²) < 4.78 is 0. The van der Waals surface area contributed by atoms with Crippen molar-refractivity contribution in [1.29, 1.82) is 0 Å². The van der Waals surface area contributed by atoms with Crippen LogP contribution in [-0.2, 0) is 0 Å². The van der Waals surface area contributed by atoms with Crippen LogP contribution in [0, 0.1) is 5.92 Å². The lowest BCUT2D eigenvalue weighted by Crippen LogP contribution is -2.37. The number of hydrogen-bond acceptors (Lipinski definition) is 2. The second-order valence-corrected chi connectivity index (χ2v) is 4.15. The van der Waals surface area contributed by atoms with Gasteiger partial charge in [-0.1, -0.05) is 6.92 Å². The van der Waals surface area contributed by atoms with E-state index in [1.165, 1.54) is 25.8 Å². The first-order valence-corrected chi connectivity index (χ1v) is 5.21. The molecule has 1 saturated heterocycles. The molecule has 1 aliphatic rings. The summed E-state index contributed by atoms with van der Waals surface area (Å²) in [6, 6.07) is 1.13. The van der Waals surface area contributed by atoms with E-state index in [-0.39, 0.29) is 0 Å². The highest BCUT2D eigenvalue weighted by Gasteiger charge is 2.19. The minimum absolute atomic E-state index is 0.431. The number of hydrogen-bond donors (Lipinski definition) is 2. The van der Waals surface area contributed by atoms with Gasteiger partial charge >= 0.3 is 0 Å². The molecule has 3 unspecified atom stereocenters. The van der Waals surface area contributed by atoms with E-state index in [1.54, 1.807) is 0 Å². The normalized spacial score (nSPS) is 33.2. The van der Waals surface area contributed by atoms with Gasteiger partial charge in [0, 0.05) is 12.1 Å². The molecule has 3 atom stereocenters. The van der Waals surface area contributed by atoms with E-state index in [0.29, 0.717) is 12.1 Å². The SMILES string of the molecule is CCC(N)CC1CCNC(C)C1. The molecule has 0 saturated carbocycles. The quantitative estimate of drug-likeness (QED) is 0.673. The number of rotatable bonds is 3. The third kappa shape index (κ3) is 3.11. The summed E-state index contributed by atoms with van der Waals surface area (Å²) in [4.78, 5) is 0. The first-order chi connectivity index (χ1) is 5.72. The standard InChI is InChI=1S/C10H22N2/c1-3-10(11)7-9-4-5-12-8(2)6-9/h8-10,12H,3-7,11H2,1-2H3. The van der Waals surface area contributed by atoms with Crippen molar-refractivity contribution in [2.24, 2.45) is 11.7 Å². The summed E-state index contributed by atoms with van der Waals surface area (Å²) in [6.45, 7) is 5.63. The van der Waals surface area contributed by atoms with E-state index in [9.17, 15) is 0 Å². The van der Waals surface area contributed by atoms with Crippen LogP contribution in [0.2, 0.25) is 0 Å². The van der Waals surface area contributed by atoms with Gasteiger partial charge in [-0.25, -0.2) is 0 Å². The molecule has 1 aliphatic heterocycles. The van der Waals surface area contributed by atoms with Crippen LogP contribution in [0.5, 0.6) is 0 Å². The van der Waals surface area contributed by atoms with Gasteiger partial charge in [-0.15, -0.1) is 0 Å². The van der Waals surface area contributed by atoms with Crippen LogP contribution in [0.1, 0.15) is 39.5 Å². The molecule has 1 fully saturated rings. The zero-order valence-electron chi connectivity index (χ0n) is 8.34. The minimum atomic E-state index is 0.431.